The van der Waals surface area contributed by atoms with Crippen molar-refractivity contribution in [3.63, 3.8) is 0 Å². The minimum absolute atomic E-state index is 0.00761. The van der Waals surface area contributed by atoms with Gasteiger partial charge in [-0.3, -0.25) is 4.79 Å². The molecule has 0 saturated carbocycles. The summed E-state index contributed by atoms with van der Waals surface area (Å²) in [6.45, 7) is 3.74. The van der Waals surface area contributed by atoms with E-state index < -0.39 is 0 Å². The number of anilines is 1. The predicted molar refractivity (Wildman–Crippen MR) is 81.5 cm³/mol. The Hall–Kier alpha value is -1.69. The van der Waals surface area contributed by atoms with Gasteiger partial charge in [-0.2, -0.15) is 0 Å². The first-order valence-electron chi connectivity index (χ1n) is 7.84. The number of amides is 1. The lowest BCUT2D eigenvalue weighted by Crippen LogP contribution is -2.41. The first kappa shape index (κ1) is 14.3. The van der Waals surface area contributed by atoms with E-state index in [-0.39, 0.29) is 11.9 Å². The number of aromatic nitrogens is 2. The molecule has 6 nitrogen and oxygen atoms in total. The monoisotopic (exact) mass is 289 g/mol. The van der Waals surface area contributed by atoms with Gasteiger partial charge >= 0.3 is 0 Å². The molecule has 2 aliphatic rings. The molecule has 2 aliphatic heterocycles. The summed E-state index contributed by atoms with van der Waals surface area (Å²) in [5, 5.41) is 11.6. The molecular weight excluding hydrogens is 266 g/mol. The molecule has 1 atom stereocenters. The predicted octanol–water partition coefficient (Wildman–Crippen LogP) is 0.901. The van der Waals surface area contributed by atoms with Crippen LogP contribution in [0.1, 0.15) is 36.2 Å². The molecule has 0 spiro atoms. The average molecular weight is 289 g/mol. The molecule has 1 aromatic heterocycles. The van der Waals surface area contributed by atoms with Crippen LogP contribution < -0.4 is 10.2 Å². The zero-order valence-electron chi connectivity index (χ0n) is 12.6. The SMILES string of the molecule is CNCC1CCCN1C(=O)c1ccc(N2CCCC2)nn1. The van der Waals surface area contributed by atoms with Crippen LogP contribution in [0.25, 0.3) is 0 Å². The second kappa shape index (κ2) is 6.39. The average Bonchev–Trinajstić information content (AvgIpc) is 3.19. The highest BCUT2D eigenvalue weighted by Crippen LogP contribution is 2.20. The van der Waals surface area contributed by atoms with E-state index in [1.54, 1.807) is 0 Å². The Bertz CT molecular complexity index is 483. The van der Waals surface area contributed by atoms with Crippen molar-refractivity contribution in [3.05, 3.63) is 17.8 Å². The number of carbonyl (C=O) groups is 1. The summed E-state index contributed by atoms with van der Waals surface area (Å²) in [6, 6.07) is 4.02. The van der Waals surface area contributed by atoms with E-state index in [4.69, 9.17) is 0 Å². The van der Waals surface area contributed by atoms with Gasteiger partial charge in [-0.05, 0) is 44.9 Å². The van der Waals surface area contributed by atoms with Gasteiger partial charge in [0.25, 0.3) is 5.91 Å². The molecule has 2 fully saturated rings. The van der Waals surface area contributed by atoms with Crippen LogP contribution in [-0.4, -0.2) is 60.3 Å². The van der Waals surface area contributed by atoms with Crippen molar-refractivity contribution >= 4 is 11.7 Å². The summed E-state index contributed by atoms with van der Waals surface area (Å²) >= 11 is 0. The van der Waals surface area contributed by atoms with E-state index in [1.807, 2.05) is 24.1 Å². The van der Waals surface area contributed by atoms with Gasteiger partial charge in [-0.15, -0.1) is 10.2 Å². The van der Waals surface area contributed by atoms with Crippen LogP contribution in [0.15, 0.2) is 12.1 Å². The molecule has 1 aromatic rings. The molecule has 6 heteroatoms. The van der Waals surface area contributed by atoms with E-state index in [1.165, 1.54) is 12.8 Å². The van der Waals surface area contributed by atoms with Crippen LogP contribution in [0.4, 0.5) is 5.82 Å². The molecule has 0 aliphatic carbocycles. The third-order valence-electron chi connectivity index (χ3n) is 4.38. The number of rotatable bonds is 4. The molecule has 21 heavy (non-hydrogen) atoms. The molecule has 1 N–H and O–H groups in total. The minimum atomic E-state index is 0.00761. The number of nitrogens with one attached hydrogen (secondary N) is 1. The summed E-state index contributed by atoms with van der Waals surface area (Å²) in [5.74, 6) is 0.894. The lowest BCUT2D eigenvalue weighted by atomic mass is 10.2. The van der Waals surface area contributed by atoms with Gasteiger partial charge < -0.3 is 15.1 Å². The number of likely N-dealkylation sites (tertiary alicyclic amines) is 1. The largest absolute Gasteiger partial charge is 0.355 e. The van der Waals surface area contributed by atoms with E-state index in [9.17, 15) is 4.79 Å². The highest BCUT2D eigenvalue weighted by Gasteiger charge is 2.29. The van der Waals surface area contributed by atoms with Crippen molar-refractivity contribution in [1.82, 2.24) is 20.4 Å². The maximum atomic E-state index is 12.5. The van der Waals surface area contributed by atoms with Gasteiger partial charge in [0.15, 0.2) is 11.5 Å². The normalized spacial score (nSPS) is 22.0. The number of nitrogens with zero attached hydrogens (tertiary/aromatic N) is 4. The quantitative estimate of drug-likeness (QED) is 0.892. The molecular formula is C15H23N5O. The van der Waals surface area contributed by atoms with Crippen molar-refractivity contribution < 1.29 is 4.79 Å². The molecule has 3 heterocycles. The first-order valence-corrected chi connectivity index (χ1v) is 7.84. The molecule has 0 aromatic carbocycles. The van der Waals surface area contributed by atoms with Crippen molar-refractivity contribution in [2.75, 3.05) is 38.1 Å². The van der Waals surface area contributed by atoms with Crippen LogP contribution in [0.5, 0.6) is 0 Å². The van der Waals surface area contributed by atoms with E-state index >= 15 is 0 Å². The number of hydrogen-bond donors (Lipinski definition) is 1. The summed E-state index contributed by atoms with van der Waals surface area (Å²) in [6.07, 6.45) is 4.55. The third-order valence-corrected chi connectivity index (χ3v) is 4.38. The molecule has 2 saturated heterocycles. The van der Waals surface area contributed by atoms with Crippen LogP contribution in [0.3, 0.4) is 0 Å². The Morgan fingerprint density at radius 3 is 2.71 bits per heavy atom. The van der Waals surface area contributed by atoms with E-state index in [2.05, 4.69) is 20.4 Å². The maximum absolute atomic E-state index is 12.5. The fraction of sp³-hybridized carbons (Fsp3) is 0.667. The molecule has 114 valence electrons. The zero-order valence-corrected chi connectivity index (χ0v) is 12.6. The second-order valence-electron chi connectivity index (χ2n) is 5.82. The Balaban J connectivity index is 1.69. The fourth-order valence-electron chi connectivity index (χ4n) is 3.25. The maximum Gasteiger partial charge on any atom is 0.274 e. The topological polar surface area (TPSA) is 61.4 Å². The van der Waals surface area contributed by atoms with Gasteiger partial charge in [-0.1, -0.05) is 0 Å². The van der Waals surface area contributed by atoms with Crippen LogP contribution in [-0.2, 0) is 0 Å². The van der Waals surface area contributed by atoms with Gasteiger partial charge in [0.05, 0.1) is 0 Å². The standard InChI is InChI=1S/C15H23N5O/c1-16-11-12-5-4-10-20(12)15(21)13-6-7-14(18-17-13)19-8-2-3-9-19/h6-7,12,16H,2-5,8-11H2,1H3. The Morgan fingerprint density at radius 2 is 2.05 bits per heavy atom. The lowest BCUT2D eigenvalue weighted by Gasteiger charge is -2.24. The molecule has 3 rings (SSSR count). The lowest BCUT2D eigenvalue weighted by molar-refractivity contribution is 0.0730. The van der Waals surface area contributed by atoms with Gasteiger partial charge in [0, 0.05) is 32.2 Å². The third kappa shape index (κ3) is 3.00. The van der Waals surface area contributed by atoms with Gasteiger partial charge in [0.2, 0.25) is 0 Å². The number of likely N-dealkylation sites (N-methyl/N-ethyl adjacent to an activating group) is 1. The Labute approximate surface area is 125 Å². The fourth-order valence-corrected chi connectivity index (χ4v) is 3.25. The summed E-state index contributed by atoms with van der Waals surface area (Å²) < 4.78 is 0. The summed E-state index contributed by atoms with van der Waals surface area (Å²) in [5.41, 5.74) is 0.459. The first-order chi connectivity index (χ1) is 10.3. The van der Waals surface area contributed by atoms with Crippen LogP contribution in [0.2, 0.25) is 0 Å². The number of carbonyl (C=O) groups excluding carboxylic acids is 1. The molecule has 0 bridgehead atoms. The van der Waals surface area contributed by atoms with Crippen molar-refractivity contribution in [3.8, 4) is 0 Å². The summed E-state index contributed by atoms with van der Waals surface area (Å²) in [7, 11) is 1.92. The van der Waals surface area contributed by atoms with Gasteiger partial charge in [-0.25, -0.2) is 0 Å². The molecule has 1 amide bonds. The van der Waals surface area contributed by atoms with Crippen molar-refractivity contribution in [2.24, 2.45) is 0 Å². The van der Waals surface area contributed by atoms with Crippen LogP contribution >= 0.6 is 0 Å². The summed E-state index contributed by atoms with van der Waals surface area (Å²) in [4.78, 5) is 16.7. The van der Waals surface area contributed by atoms with Gasteiger partial charge in [0.1, 0.15) is 0 Å². The zero-order chi connectivity index (χ0) is 14.7. The number of hydrogen-bond acceptors (Lipinski definition) is 5. The smallest absolute Gasteiger partial charge is 0.274 e. The minimum Gasteiger partial charge on any atom is -0.355 e. The Morgan fingerprint density at radius 1 is 1.24 bits per heavy atom. The Kier molecular flexibility index (Phi) is 4.34. The van der Waals surface area contributed by atoms with Crippen molar-refractivity contribution in [1.29, 1.82) is 0 Å². The van der Waals surface area contributed by atoms with E-state index in [0.717, 1.165) is 44.8 Å². The van der Waals surface area contributed by atoms with Crippen LogP contribution in [0, 0.1) is 0 Å². The highest BCUT2D eigenvalue weighted by atomic mass is 16.2. The van der Waals surface area contributed by atoms with E-state index in [0.29, 0.717) is 5.69 Å². The van der Waals surface area contributed by atoms with Crippen molar-refractivity contribution in [2.45, 2.75) is 31.7 Å². The second-order valence-corrected chi connectivity index (χ2v) is 5.82. The highest BCUT2D eigenvalue weighted by molar-refractivity contribution is 5.92. The molecule has 1 unspecified atom stereocenters. The molecule has 0 radical (unpaired) electrons.